The predicted octanol–water partition coefficient (Wildman–Crippen LogP) is 4.25. The second-order valence-corrected chi connectivity index (χ2v) is 7.21. The number of hydrogen-bond donors (Lipinski definition) is 1. The lowest BCUT2D eigenvalue weighted by Crippen LogP contribution is -2.21. The van der Waals surface area contributed by atoms with E-state index in [0.717, 1.165) is 35.3 Å². The smallest absolute Gasteiger partial charge is 0.263 e. The van der Waals surface area contributed by atoms with Gasteiger partial charge in [0.15, 0.2) is 12.3 Å². The molecule has 1 aliphatic carbocycles. The van der Waals surface area contributed by atoms with Crippen molar-refractivity contribution in [1.29, 1.82) is 0 Å². The topological polar surface area (TPSA) is 77.2 Å². The number of nitrogens with one attached hydrogen (secondary N) is 1. The number of anilines is 1. The second-order valence-electron chi connectivity index (χ2n) is 7.21. The van der Waals surface area contributed by atoms with Crippen molar-refractivity contribution in [3.8, 4) is 17.0 Å². The minimum Gasteiger partial charge on any atom is -0.483 e. The molecule has 28 heavy (non-hydrogen) atoms. The number of aromatic nitrogens is 2. The Balaban J connectivity index is 1.46. The van der Waals surface area contributed by atoms with Gasteiger partial charge in [0, 0.05) is 5.56 Å². The number of carbonyl (C=O) groups is 1. The highest BCUT2D eigenvalue weighted by Crippen LogP contribution is 2.30. The van der Waals surface area contributed by atoms with Gasteiger partial charge in [-0.25, -0.2) is 4.63 Å². The summed E-state index contributed by atoms with van der Waals surface area (Å²) in [7, 11) is 0. The largest absolute Gasteiger partial charge is 0.483 e. The van der Waals surface area contributed by atoms with Crippen LogP contribution in [0.4, 0.5) is 5.82 Å². The average Bonchev–Trinajstić information content (AvgIpc) is 3.15. The molecule has 0 saturated heterocycles. The molecule has 0 fully saturated rings. The number of nitrogens with zero attached hydrogens (tertiary/aromatic N) is 2. The van der Waals surface area contributed by atoms with Crippen molar-refractivity contribution < 1.29 is 14.2 Å². The number of hydrogen-bond acceptors (Lipinski definition) is 5. The molecule has 144 valence electrons. The number of para-hydroxylation sites is 1. The van der Waals surface area contributed by atoms with Crippen molar-refractivity contribution >= 4 is 11.7 Å². The molecular weight excluding hydrogens is 354 g/mol. The molecule has 6 heteroatoms. The van der Waals surface area contributed by atoms with Gasteiger partial charge in [0.1, 0.15) is 5.75 Å². The summed E-state index contributed by atoms with van der Waals surface area (Å²) in [6, 6.07) is 12.1. The Labute approximate surface area is 163 Å². The molecular formula is C22H23N3O3. The molecule has 0 bridgehead atoms. The number of amides is 1. The molecule has 3 aromatic rings. The fourth-order valence-electron chi connectivity index (χ4n) is 3.67. The van der Waals surface area contributed by atoms with Crippen LogP contribution in [0.15, 0.2) is 41.0 Å². The van der Waals surface area contributed by atoms with Gasteiger partial charge in [-0.1, -0.05) is 30.3 Å². The lowest BCUT2D eigenvalue weighted by atomic mass is 9.90. The third kappa shape index (κ3) is 3.76. The van der Waals surface area contributed by atoms with E-state index in [1.165, 1.54) is 24.0 Å². The highest BCUT2D eigenvalue weighted by molar-refractivity contribution is 5.94. The van der Waals surface area contributed by atoms with Crippen LogP contribution in [0.1, 0.15) is 35.1 Å². The van der Waals surface area contributed by atoms with Crippen LogP contribution in [0.5, 0.6) is 5.75 Å². The van der Waals surface area contributed by atoms with Gasteiger partial charge in [-0.3, -0.25) is 4.79 Å². The van der Waals surface area contributed by atoms with Crippen molar-refractivity contribution in [2.45, 2.75) is 39.5 Å². The fourth-order valence-corrected chi connectivity index (χ4v) is 3.67. The van der Waals surface area contributed by atoms with Crippen LogP contribution in [0.3, 0.4) is 0 Å². The van der Waals surface area contributed by atoms with Gasteiger partial charge in [0.05, 0.1) is 0 Å². The summed E-state index contributed by atoms with van der Waals surface area (Å²) in [5.74, 6) is 0.731. The minimum absolute atomic E-state index is 0.109. The van der Waals surface area contributed by atoms with E-state index in [4.69, 9.17) is 9.37 Å². The summed E-state index contributed by atoms with van der Waals surface area (Å²) < 4.78 is 10.6. The van der Waals surface area contributed by atoms with E-state index in [-0.39, 0.29) is 12.5 Å². The van der Waals surface area contributed by atoms with Crippen molar-refractivity contribution in [3.63, 3.8) is 0 Å². The molecule has 1 N–H and O–H groups in total. The molecule has 6 nitrogen and oxygen atoms in total. The SMILES string of the molecule is Cc1cccc(C)c1OCC(=O)Nc1nonc1-c1ccc2c(c1)CCCC2. The van der Waals surface area contributed by atoms with Gasteiger partial charge in [-0.15, -0.1) is 0 Å². The molecule has 0 atom stereocenters. The van der Waals surface area contributed by atoms with E-state index in [1.807, 2.05) is 38.1 Å². The summed E-state index contributed by atoms with van der Waals surface area (Å²) in [5, 5.41) is 10.6. The molecule has 2 aromatic carbocycles. The zero-order valence-electron chi connectivity index (χ0n) is 16.1. The summed E-state index contributed by atoms with van der Waals surface area (Å²) >= 11 is 0. The van der Waals surface area contributed by atoms with Crippen molar-refractivity contribution in [1.82, 2.24) is 10.3 Å². The first kappa shape index (κ1) is 18.2. The fraction of sp³-hybridized carbons (Fsp3) is 0.318. The van der Waals surface area contributed by atoms with Gasteiger partial charge in [0.2, 0.25) is 5.82 Å². The normalized spacial score (nSPS) is 13.1. The number of carbonyl (C=O) groups excluding carboxylic acids is 1. The number of aryl methyl sites for hydroxylation is 4. The number of rotatable bonds is 5. The van der Waals surface area contributed by atoms with E-state index in [1.54, 1.807) is 0 Å². The Morgan fingerprint density at radius 1 is 1.07 bits per heavy atom. The molecule has 0 spiro atoms. The zero-order valence-corrected chi connectivity index (χ0v) is 16.1. The predicted molar refractivity (Wildman–Crippen MR) is 106 cm³/mol. The van der Waals surface area contributed by atoms with Gasteiger partial charge in [0.25, 0.3) is 5.91 Å². The first-order valence-corrected chi connectivity index (χ1v) is 9.55. The van der Waals surface area contributed by atoms with E-state index in [9.17, 15) is 4.79 Å². The first-order valence-electron chi connectivity index (χ1n) is 9.55. The van der Waals surface area contributed by atoms with Crippen LogP contribution in [-0.4, -0.2) is 22.8 Å². The molecule has 4 rings (SSSR count). The Bertz CT molecular complexity index is 990. The van der Waals surface area contributed by atoms with Crippen LogP contribution in [0.2, 0.25) is 0 Å². The van der Waals surface area contributed by atoms with Gasteiger partial charge in [-0.2, -0.15) is 0 Å². The summed E-state index contributed by atoms with van der Waals surface area (Å²) in [5.41, 5.74) is 6.14. The maximum absolute atomic E-state index is 12.4. The highest BCUT2D eigenvalue weighted by atomic mass is 16.6. The lowest BCUT2D eigenvalue weighted by molar-refractivity contribution is -0.118. The van der Waals surface area contributed by atoms with E-state index < -0.39 is 0 Å². The quantitative estimate of drug-likeness (QED) is 0.719. The van der Waals surface area contributed by atoms with Crippen molar-refractivity contribution in [3.05, 3.63) is 58.7 Å². The molecule has 1 heterocycles. The molecule has 0 radical (unpaired) electrons. The Hall–Kier alpha value is -3.15. The molecule has 0 saturated carbocycles. The number of benzene rings is 2. The molecule has 0 aliphatic heterocycles. The molecule has 1 amide bonds. The monoisotopic (exact) mass is 377 g/mol. The Kier molecular flexibility index (Phi) is 5.10. The molecule has 1 aliphatic rings. The summed E-state index contributed by atoms with van der Waals surface area (Å²) in [4.78, 5) is 12.4. The minimum atomic E-state index is -0.308. The van der Waals surface area contributed by atoms with Crippen LogP contribution < -0.4 is 10.1 Å². The van der Waals surface area contributed by atoms with E-state index in [2.05, 4.69) is 27.8 Å². The van der Waals surface area contributed by atoms with Gasteiger partial charge in [-0.05, 0) is 78.2 Å². The standard InChI is InChI=1S/C22H23N3O3/c1-14-6-5-7-15(2)21(14)27-13-19(26)23-22-20(24-28-25-22)18-11-10-16-8-3-4-9-17(16)12-18/h5-7,10-12H,3-4,8-9,13H2,1-2H3,(H,23,25,26). The maximum atomic E-state index is 12.4. The van der Waals surface area contributed by atoms with Crippen molar-refractivity contribution in [2.24, 2.45) is 0 Å². The summed E-state index contributed by atoms with van der Waals surface area (Å²) in [6.45, 7) is 3.80. The first-order chi connectivity index (χ1) is 13.6. The van der Waals surface area contributed by atoms with Gasteiger partial charge >= 0.3 is 0 Å². The van der Waals surface area contributed by atoms with Gasteiger partial charge < -0.3 is 10.1 Å². The third-order valence-electron chi connectivity index (χ3n) is 5.12. The highest BCUT2D eigenvalue weighted by Gasteiger charge is 2.18. The Morgan fingerprint density at radius 3 is 2.61 bits per heavy atom. The Morgan fingerprint density at radius 2 is 1.82 bits per heavy atom. The molecule has 0 unspecified atom stereocenters. The van der Waals surface area contributed by atoms with Crippen LogP contribution in [0.25, 0.3) is 11.3 Å². The third-order valence-corrected chi connectivity index (χ3v) is 5.12. The number of ether oxygens (including phenoxy) is 1. The van der Waals surface area contributed by atoms with E-state index >= 15 is 0 Å². The van der Waals surface area contributed by atoms with E-state index in [0.29, 0.717) is 11.5 Å². The summed E-state index contributed by atoms with van der Waals surface area (Å²) in [6.07, 6.45) is 4.62. The second kappa shape index (κ2) is 7.84. The maximum Gasteiger partial charge on any atom is 0.263 e. The molecule has 1 aromatic heterocycles. The number of fused-ring (bicyclic) bond motifs is 1. The zero-order chi connectivity index (χ0) is 19.5. The van der Waals surface area contributed by atoms with Crippen LogP contribution in [0, 0.1) is 13.8 Å². The van der Waals surface area contributed by atoms with Crippen LogP contribution >= 0.6 is 0 Å². The van der Waals surface area contributed by atoms with Crippen molar-refractivity contribution in [2.75, 3.05) is 11.9 Å². The van der Waals surface area contributed by atoms with Crippen LogP contribution in [-0.2, 0) is 17.6 Å². The lowest BCUT2D eigenvalue weighted by Gasteiger charge is -2.16. The average molecular weight is 377 g/mol.